The van der Waals surface area contributed by atoms with Gasteiger partial charge in [-0.3, -0.25) is 0 Å². The molecule has 0 aliphatic heterocycles. The topological polar surface area (TPSA) is 23.8 Å². The van der Waals surface area contributed by atoms with Crippen LogP contribution in [0.25, 0.3) is 5.73 Å². The molecule has 0 aliphatic rings. The second-order valence-corrected chi connectivity index (χ2v) is 1.15. The predicted molar refractivity (Wildman–Crippen MR) is 19.5 cm³/mol. The third kappa shape index (κ3) is 69.9. The summed E-state index contributed by atoms with van der Waals surface area (Å²) in [6, 6.07) is 0.0833. The van der Waals surface area contributed by atoms with Gasteiger partial charge in [0.15, 0.2) is 0 Å². The van der Waals surface area contributed by atoms with Gasteiger partial charge in [0.25, 0.3) is 0 Å². The molecule has 0 aromatic rings. The van der Waals surface area contributed by atoms with Crippen LogP contribution in [-0.4, -0.2) is 6.04 Å². The van der Waals surface area contributed by atoms with Crippen LogP contribution >= 0.6 is 0 Å². The molecule has 0 atom stereocenters. The van der Waals surface area contributed by atoms with Gasteiger partial charge in [0.2, 0.25) is 0 Å². The Kier molecular flexibility index (Phi) is 8.65. The zero-order chi connectivity index (χ0) is 3.58. The minimum atomic E-state index is 0. The molecule has 2 heteroatoms. The molecule has 0 unspecified atom stereocenters. The molecule has 0 radical (unpaired) electrons. The molecule has 5 heavy (non-hydrogen) atoms. The van der Waals surface area contributed by atoms with Crippen molar-refractivity contribution in [1.82, 2.24) is 0 Å². The second kappa shape index (κ2) is 4.70. The molecule has 0 aromatic carbocycles. The zero-order valence-electron chi connectivity index (χ0n) is 3.38. The van der Waals surface area contributed by atoms with E-state index in [1.165, 1.54) is 0 Å². The number of hydrogen-bond donors (Lipinski definition) is 0. The van der Waals surface area contributed by atoms with Crippen molar-refractivity contribution < 1.29 is 22.4 Å². The monoisotopic (exact) mass is 255 g/mol. The van der Waals surface area contributed by atoms with Gasteiger partial charge in [-0.25, -0.2) is 0 Å². The maximum absolute atomic E-state index is 6.58. The standard InChI is InChI=1S/C3H8N.Au/c1-3(2)4;/h3-4H,1-2H3;/q-1;+1. The third-order valence-corrected chi connectivity index (χ3v) is 0. The molecule has 0 rings (SSSR count). The second-order valence-electron chi connectivity index (χ2n) is 1.15. The first-order valence-corrected chi connectivity index (χ1v) is 1.44. The summed E-state index contributed by atoms with van der Waals surface area (Å²) in [5, 5.41) is 0. The summed E-state index contributed by atoms with van der Waals surface area (Å²) >= 11 is 0. The van der Waals surface area contributed by atoms with Gasteiger partial charge < -0.3 is 5.73 Å². The largest absolute Gasteiger partial charge is 1.00 e. The Morgan fingerprint density at radius 2 is 1.40 bits per heavy atom. The van der Waals surface area contributed by atoms with Gasteiger partial charge in [0, 0.05) is 0 Å². The molecule has 0 aliphatic carbocycles. The van der Waals surface area contributed by atoms with Crippen LogP contribution in [0, 0.1) is 0 Å². The van der Waals surface area contributed by atoms with Crippen molar-refractivity contribution in [1.29, 1.82) is 0 Å². The van der Waals surface area contributed by atoms with E-state index in [1.807, 2.05) is 13.8 Å². The van der Waals surface area contributed by atoms with Crippen molar-refractivity contribution >= 4 is 0 Å². The van der Waals surface area contributed by atoms with E-state index in [-0.39, 0.29) is 28.4 Å². The summed E-state index contributed by atoms with van der Waals surface area (Å²) in [7, 11) is 0. The Bertz CT molecular complexity index is 11.6. The van der Waals surface area contributed by atoms with Crippen molar-refractivity contribution in [3.63, 3.8) is 0 Å². The first-order valence-electron chi connectivity index (χ1n) is 1.44. The molecule has 0 amide bonds. The van der Waals surface area contributed by atoms with E-state index in [9.17, 15) is 0 Å². The summed E-state index contributed by atoms with van der Waals surface area (Å²) in [5.74, 6) is 0. The minimum Gasteiger partial charge on any atom is -0.675 e. The molecular weight excluding hydrogens is 247 g/mol. The summed E-state index contributed by atoms with van der Waals surface area (Å²) in [6.45, 7) is 3.67. The number of rotatable bonds is 0. The fourth-order valence-corrected chi connectivity index (χ4v) is 0. The Labute approximate surface area is 48.4 Å². The maximum Gasteiger partial charge on any atom is 1.00 e. The third-order valence-electron chi connectivity index (χ3n) is 0. The first kappa shape index (κ1) is 9.20. The van der Waals surface area contributed by atoms with Crippen LogP contribution in [0.1, 0.15) is 13.8 Å². The number of hydrogen-bond acceptors (Lipinski definition) is 0. The van der Waals surface area contributed by atoms with E-state index < -0.39 is 0 Å². The van der Waals surface area contributed by atoms with E-state index in [0.29, 0.717) is 0 Å². The Morgan fingerprint density at radius 3 is 1.40 bits per heavy atom. The molecule has 0 fully saturated rings. The molecule has 1 nitrogen and oxygen atoms in total. The van der Waals surface area contributed by atoms with Gasteiger partial charge >= 0.3 is 22.4 Å². The smallest absolute Gasteiger partial charge is 0.675 e. The molecule has 0 saturated heterocycles. The van der Waals surface area contributed by atoms with Crippen molar-refractivity contribution in [3.8, 4) is 0 Å². The number of nitrogens with one attached hydrogen (secondary N) is 1. The van der Waals surface area contributed by atoms with Gasteiger partial charge in [0.05, 0.1) is 0 Å². The minimum absolute atomic E-state index is 0. The average molecular weight is 255 g/mol. The van der Waals surface area contributed by atoms with E-state index in [4.69, 9.17) is 5.73 Å². The van der Waals surface area contributed by atoms with E-state index >= 15 is 0 Å². The van der Waals surface area contributed by atoms with Crippen molar-refractivity contribution in [2.45, 2.75) is 19.9 Å². The predicted octanol–water partition coefficient (Wildman–Crippen LogP) is 1.44. The fourth-order valence-electron chi connectivity index (χ4n) is 0. The van der Waals surface area contributed by atoms with Crippen LogP contribution < -0.4 is 0 Å². The molecule has 0 spiro atoms. The summed E-state index contributed by atoms with van der Waals surface area (Å²) in [4.78, 5) is 0. The molecule has 36 valence electrons. The van der Waals surface area contributed by atoms with Gasteiger partial charge in [0.1, 0.15) is 0 Å². The van der Waals surface area contributed by atoms with Crippen LogP contribution in [0.3, 0.4) is 0 Å². The van der Waals surface area contributed by atoms with Crippen LogP contribution in [0.2, 0.25) is 0 Å². The summed E-state index contributed by atoms with van der Waals surface area (Å²) in [6.07, 6.45) is 0. The van der Waals surface area contributed by atoms with Gasteiger partial charge in [-0.15, -0.1) is 6.04 Å². The molecule has 0 aromatic heterocycles. The van der Waals surface area contributed by atoms with Crippen molar-refractivity contribution in [2.75, 3.05) is 0 Å². The molecular formula is C3H8AuN. The normalized spacial score (nSPS) is 7.20. The SMILES string of the molecule is CC(C)[NH-].[Au+]. The van der Waals surface area contributed by atoms with Crippen LogP contribution in [0.15, 0.2) is 0 Å². The molecule has 0 heterocycles. The maximum atomic E-state index is 6.58. The quantitative estimate of drug-likeness (QED) is 0.585. The Hall–Kier alpha value is 0.700. The van der Waals surface area contributed by atoms with Crippen molar-refractivity contribution in [2.24, 2.45) is 0 Å². The fraction of sp³-hybridized carbons (Fsp3) is 1.00. The summed E-state index contributed by atoms with van der Waals surface area (Å²) in [5.41, 5.74) is 6.58. The Balaban J connectivity index is 0. The Morgan fingerprint density at radius 1 is 1.40 bits per heavy atom. The average Bonchev–Trinajstić information content (AvgIpc) is 0.811. The van der Waals surface area contributed by atoms with Gasteiger partial charge in [-0.05, 0) is 0 Å². The van der Waals surface area contributed by atoms with Crippen LogP contribution in [0.5, 0.6) is 0 Å². The molecule has 0 saturated carbocycles. The van der Waals surface area contributed by atoms with Gasteiger partial charge in [-0.2, -0.15) is 0 Å². The van der Waals surface area contributed by atoms with E-state index in [1.54, 1.807) is 0 Å². The van der Waals surface area contributed by atoms with E-state index in [2.05, 4.69) is 0 Å². The van der Waals surface area contributed by atoms with Crippen LogP contribution in [-0.2, 0) is 22.4 Å². The zero-order valence-corrected chi connectivity index (χ0v) is 5.55. The van der Waals surface area contributed by atoms with Gasteiger partial charge in [-0.1, -0.05) is 13.8 Å². The molecule has 1 N–H and O–H groups in total. The van der Waals surface area contributed by atoms with Crippen LogP contribution in [0.4, 0.5) is 0 Å². The first-order chi connectivity index (χ1) is 1.73. The molecule has 0 bridgehead atoms. The van der Waals surface area contributed by atoms with E-state index in [0.717, 1.165) is 0 Å². The van der Waals surface area contributed by atoms with Crippen molar-refractivity contribution in [3.05, 3.63) is 5.73 Å². The summed E-state index contributed by atoms with van der Waals surface area (Å²) < 4.78 is 0.